The summed E-state index contributed by atoms with van der Waals surface area (Å²) in [5, 5.41) is 2.96. The summed E-state index contributed by atoms with van der Waals surface area (Å²) in [7, 11) is 0. The third kappa shape index (κ3) is 6.14. The maximum atomic E-state index is 12.4. The van der Waals surface area contributed by atoms with Crippen molar-refractivity contribution in [1.29, 1.82) is 0 Å². The van der Waals surface area contributed by atoms with Crippen LogP contribution in [0.4, 0.5) is 0 Å². The van der Waals surface area contributed by atoms with E-state index in [4.69, 9.17) is 9.47 Å². The quantitative estimate of drug-likeness (QED) is 0.788. The Labute approximate surface area is 150 Å². The highest BCUT2D eigenvalue weighted by molar-refractivity contribution is 5.81. The number of rotatable bonds is 8. The largest absolute Gasteiger partial charge is 0.491 e. The van der Waals surface area contributed by atoms with Crippen LogP contribution in [0.15, 0.2) is 48.5 Å². The highest BCUT2D eigenvalue weighted by Gasteiger charge is 2.20. The van der Waals surface area contributed by atoms with Crippen LogP contribution < -0.4 is 14.8 Å². The average Bonchev–Trinajstić information content (AvgIpc) is 2.59. The van der Waals surface area contributed by atoms with Crippen LogP contribution in [0.1, 0.15) is 31.4 Å². The van der Waals surface area contributed by atoms with Crippen LogP contribution in [-0.2, 0) is 4.79 Å². The van der Waals surface area contributed by atoms with Gasteiger partial charge in [0.1, 0.15) is 18.1 Å². The van der Waals surface area contributed by atoms with Gasteiger partial charge in [-0.25, -0.2) is 0 Å². The topological polar surface area (TPSA) is 47.6 Å². The minimum Gasteiger partial charge on any atom is -0.491 e. The molecule has 25 heavy (non-hydrogen) atoms. The van der Waals surface area contributed by atoms with E-state index < -0.39 is 6.10 Å². The average molecular weight is 341 g/mol. The monoisotopic (exact) mass is 341 g/mol. The number of hydrogen-bond acceptors (Lipinski definition) is 3. The van der Waals surface area contributed by atoms with Gasteiger partial charge < -0.3 is 14.8 Å². The van der Waals surface area contributed by atoms with Gasteiger partial charge in [-0.1, -0.05) is 36.8 Å². The number of amides is 1. The summed E-state index contributed by atoms with van der Waals surface area (Å²) >= 11 is 0. The van der Waals surface area contributed by atoms with Crippen molar-refractivity contribution in [2.24, 2.45) is 0 Å². The number of aryl methyl sites for hydroxylation is 2. The van der Waals surface area contributed by atoms with Gasteiger partial charge in [0.05, 0.1) is 6.04 Å². The number of carbonyl (C=O) groups is 1. The second-order valence-electron chi connectivity index (χ2n) is 6.36. The van der Waals surface area contributed by atoms with Crippen LogP contribution in [-0.4, -0.2) is 24.7 Å². The summed E-state index contributed by atoms with van der Waals surface area (Å²) in [5.74, 6) is 1.39. The van der Waals surface area contributed by atoms with Gasteiger partial charge in [0, 0.05) is 0 Å². The Kier molecular flexibility index (Phi) is 6.87. The molecule has 0 heterocycles. The smallest absolute Gasteiger partial charge is 0.261 e. The van der Waals surface area contributed by atoms with E-state index in [-0.39, 0.29) is 11.9 Å². The summed E-state index contributed by atoms with van der Waals surface area (Å²) in [5.41, 5.74) is 2.29. The first-order valence-electron chi connectivity index (χ1n) is 8.71. The molecule has 0 aliphatic heterocycles. The number of carbonyl (C=O) groups excluding carboxylic acids is 1. The van der Waals surface area contributed by atoms with Crippen molar-refractivity contribution in [3.8, 4) is 11.5 Å². The molecular formula is C21H27NO3. The van der Waals surface area contributed by atoms with E-state index in [0.717, 1.165) is 11.3 Å². The highest BCUT2D eigenvalue weighted by atomic mass is 16.5. The molecule has 0 radical (unpaired) electrons. The molecule has 2 aromatic rings. The van der Waals surface area contributed by atoms with Crippen LogP contribution in [0, 0.1) is 13.8 Å². The van der Waals surface area contributed by atoms with Crippen molar-refractivity contribution in [2.45, 2.75) is 46.3 Å². The Morgan fingerprint density at radius 3 is 2.40 bits per heavy atom. The Bertz CT molecular complexity index is 682. The fourth-order valence-electron chi connectivity index (χ4n) is 2.41. The van der Waals surface area contributed by atoms with Crippen LogP contribution in [0.3, 0.4) is 0 Å². The summed E-state index contributed by atoms with van der Waals surface area (Å²) < 4.78 is 11.5. The summed E-state index contributed by atoms with van der Waals surface area (Å²) in [6.45, 7) is 8.30. The molecule has 0 aromatic heterocycles. The molecule has 2 aromatic carbocycles. The van der Waals surface area contributed by atoms with Gasteiger partial charge >= 0.3 is 0 Å². The fourth-order valence-corrected chi connectivity index (χ4v) is 2.41. The number of nitrogens with one attached hydrogen (secondary N) is 1. The number of benzene rings is 2. The normalized spacial score (nSPS) is 13.0. The van der Waals surface area contributed by atoms with Gasteiger partial charge in [0.15, 0.2) is 6.10 Å². The third-order valence-electron chi connectivity index (χ3n) is 3.84. The van der Waals surface area contributed by atoms with Crippen LogP contribution >= 0.6 is 0 Å². The standard InChI is InChI=1S/C21H27NO3/c1-5-20(25-19-8-6-7-16(3)13-19)21(23)22-17(4)14-24-18-11-9-15(2)10-12-18/h6-13,17,20H,5,14H2,1-4H3,(H,22,23)/t17-,20+/m0/s1. The summed E-state index contributed by atoms with van der Waals surface area (Å²) in [6.07, 6.45) is 0.0920. The molecule has 0 bridgehead atoms. The lowest BCUT2D eigenvalue weighted by atomic mass is 10.2. The fraction of sp³-hybridized carbons (Fsp3) is 0.381. The summed E-state index contributed by atoms with van der Waals surface area (Å²) in [6, 6.07) is 15.5. The Balaban J connectivity index is 1.84. The molecule has 0 aliphatic carbocycles. The molecule has 1 amide bonds. The molecule has 0 saturated carbocycles. The molecule has 134 valence electrons. The zero-order valence-corrected chi connectivity index (χ0v) is 15.4. The van der Waals surface area contributed by atoms with E-state index in [0.29, 0.717) is 18.8 Å². The Morgan fingerprint density at radius 1 is 1.04 bits per heavy atom. The molecule has 0 unspecified atom stereocenters. The molecule has 1 N–H and O–H groups in total. The van der Waals surface area contributed by atoms with Crippen LogP contribution in [0.25, 0.3) is 0 Å². The molecular weight excluding hydrogens is 314 g/mol. The third-order valence-corrected chi connectivity index (χ3v) is 3.84. The van der Waals surface area contributed by atoms with Gasteiger partial charge in [-0.3, -0.25) is 4.79 Å². The Morgan fingerprint density at radius 2 is 1.76 bits per heavy atom. The van der Waals surface area contributed by atoms with Crippen molar-refractivity contribution >= 4 is 5.91 Å². The molecule has 0 spiro atoms. The molecule has 0 aliphatic rings. The van der Waals surface area contributed by atoms with Gasteiger partial charge in [0.2, 0.25) is 0 Å². The number of ether oxygens (including phenoxy) is 2. The first kappa shape index (κ1) is 18.8. The van der Waals surface area contributed by atoms with Crippen molar-refractivity contribution in [3.05, 3.63) is 59.7 Å². The van der Waals surface area contributed by atoms with Crippen LogP contribution in [0.2, 0.25) is 0 Å². The van der Waals surface area contributed by atoms with Gasteiger partial charge in [-0.2, -0.15) is 0 Å². The molecule has 0 fully saturated rings. The van der Waals surface area contributed by atoms with E-state index in [1.807, 2.05) is 76.2 Å². The van der Waals surface area contributed by atoms with Crippen molar-refractivity contribution in [3.63, 3.8) is 0 Å². The van der Waals surface area contributed by atoms with E-state index in [1.54, 1.807) is 0 Å². The van der Waals surface area contributed by atoms with Crippen molar-refractivity contribution in [2.75, 3.05) is 6.61 Å². The highest BCUT2D eigenvalue weighted by Crippen LogP contribution is 2.16. The van der Waals surface area contributed by atoms with Gasteiger partial charge in [-0.05, 0) is 57.0 Å². The predicted molar refractivity (Wildman–Crippen MR) is 100 cm³/mol. The second kappa shape index (κ2) is 9.11. The van der Waals surface area contributed by atoms with Crippen LogP contribution in [0.5, 0.6) is 11.5 Å². The minimum atomic E-state index is -0.511. The van der Waals surface area contributed by atoms with Crippen molar-refractivity contribution < 1.29 is 14.3 Å². The second-order valence-corrected chi connectivity index (χ2v) is 6.36. The molecule has 2 atom stereocenters. The Hall–Kier alpha value is -2.49. The minimum absolute atomic E-state index is 0.107. The SMILES string of the molecule is CC[C@@H](Oc1cccc(C)c1)C(=O)N[C@@H](C)COc1ccc(C)cc1. The lowest BCUT2D eigenvalue weighted by Gasteiger charge is -2.21. The first-order valence-corrected chi connectivity index (χ1v) is 8.71. The molecule has 4 nitrogen and oxygen atoms in total. The summed E-state index contributed by atoms with van der Waals surface area (Å²) in [4.78, 5) is 12.4. The zero-order chi connectivity index (χ0) is 18.2. The van der Waals surface area contributed by atoms with E-state index in [9.17, 15) is 4.79 Å². The van der Waals surface area contributed by atoms with E-state index in [2.05, 4.69) is 5.32 Å². The predicted octanol–water partition coefficient (Wildman–Crippen LogP) is 4.04. The molecule has 0 saturated heterocycles. The number of hydrogen-bond donors (Lipinski definition) is 1. The van der Waals surface area contributed by atoms with E-state index in [1.165, 1.54) is 5.56 Å². The van der Waals surface area contributed by atoms with E-state index >= 15 is 0 Å². The maximum absolute atomic E-state index is 12.4. The maximum Gasteiger partial charge on any atom is 0.261 e. The van der Waals surface area contributed by atoms with Gasteiger partial charge in [-0.15, -0.1) is 0 Å². The van der Waals surface area contributed by atoms with Gasteiger partial charge in [0.25, 0.3) is 5.91 Å². The zero-order valence-electron chi connectivity index (χ0n) is 15.4. The lowest BCUT2D eigenvalue weighted by Crippen LogP contribution is -2.44. The van der Waals surface area contributed by atoms with Crippen molar-refractivity contribution in [1.82, 2.24) is 5.32 Å². The molecule has 4 heteroatoms. The molecule has 2 rings (SSSR count). The lowest BCUT2D eigenvalue weighted by molar-refractivity contribution is -0.128. The first-order chi connectivity index (χ1) is 12.0.